The van der Waals surface area contributed by atoms with Gasteiger partial charge in [-0.15, -0.1) is 0 Å². The molecule has 0 saturated heterocycles. The lowest BCUT2D eigenvalue weighted by Crippen LogP contribution is -2.28. The first-order valence-electron chi connectivity index (χ1n) is 21.8. The Balaban J connectivity index is 3.46. The van der Waals surface area contributed by atoms with Crippen LogP contribution in [-0.4, -0.2) is 36.4 Å². The van der Waals surface area contributed by atoms with Gasteiger partial charge in [0, 0.05) is 12.8 Å². The van der Waals surface area contributed by atoms with Gasteiger partial charge in [0.25, 0.3) is 0 Å². The molecule has 0 unspecified atom stereocenters. The third kappa shape index (κ3) is 39.5. The third-order valence-corrected chi connectivity index (χ3v) is 10.0. The van der Waals surface area contributed by atoms with E-state index >= 15 is 0 Å². The monoisotopic (exact) mass is 695 g/mol. The fourth-order valence-electron chi connectivity index (χ4n) is 6.69. The van der Waals surface area contributed by atoms with E-state index in [2.05, 4.69) is 27.7 Å². The molecule has 0 aromatic carbocycles. The van der Waals surface area contributed by atoms with Crippen LogP contribution in [0.3, 0.4) is 0 Å². The van der Waals surface area contributed by atoms with Gasteiger partial charge in [0.1, 0.15) is 6.61 Å². The highest BCUT2D eigenvalue weighted by Gasteiger charge is 2.16. The maximum absolute atomic E-state index is 12.2. The molecule has 0 saturated carbocycles. The van der Waals surface area contributed by atoms with Crippen LogP contribution in [0, 0.1) is 11.8 Å². The van der Waals surface area contributed by atoms with E-state index < -0.39 is 6.10 Å². The summed E-state index contributed by atoms with van der Waals surface area (Å²) in [4.78, 5) is 24.3. The highest BCUT2D eigenvalue weighted by Crippen LogP contribution is 2.17. The molecule has 0 bridgehead atoms. The molecule has 292 valence electrons. The Morgan fingerprint density at radius 3 is 0.959 bits per heavy atom. The molecule has 0 aliphatic heterocycles. The fourth-order valence-corrected chi connectivity index (χ4v) is 6.69. The second-order valence-electron chi connectivity index (χ2n) is 16.1. The molecule has 0 radical (unpaired) electrons. The lowest BCUT2D eigenvalue weighted by atomic mass is 10.0. The van der Waals surface area contributed by atoms with Crippen LogP contribution in [0.4, 0.5) is 0 Å². The summed E-state index contributed by atoms with van der Waals surface area (Å²) in [6.45, 7) is 8.88. The number of carbonyl (C=O) groups excluding carboxylic acids is 2. The number of aliphatic hydroxyl groups excluding tert-OH is 1. The molecule has 1 atom stereocenters. The Hall–Kier alpha value is -1.10. The molecule has 0 heterocycles. The molecule has 0 rings (SSSR count). The summed E-state index contributed by atoms with van der Waals surface area (Å²) in [7, 11) is 0. The van der Waals surface area contributed by atoms with Crippen molar-refractivity contribution in [3.63, 3.8) is 0 Å². The molecule has 49 heavy (non-hydrogen) atoms. The molecule has 0 aliphatic carbocycles. The Morgan fingerprint density at radius 1 is 0.408 bits per heavy atom. The van der Waals surface area contributed by atoms with Gasteiger partial charge in [0.2, 0.25) is 0 Å². The van der Waals surface area contributed by atoms with E-state index in [1.807, 2.05) is 0 Å². The second-order valence-corrected chi connectivity index (χ2v) is 16.1. The molecule has 0 aliphatic rings. The summed E-state index contributed by atoms with van der Waals surface area (Å²) >= 11 is 0. The standard InChI is InChI=1S/C44H86O5/c1-40(2)34-30-26-22-18-14-11-9-7-5-6-8-10-12-16-20-24-28-32-36-43(46)48-39-42(38-45)49-44(47)37-33-29-25-21-17-13-15-19-23-27-31-35-41(3)4/h40-42,45H,5-39H2,1-4H3/t42-/m0/s1. The summed E-state index contributed by atoms with van der Waals surface area (Å²) in [6.07, 6.45) is 40.3. The van der Waals surface area contributed by atoms with Crippen LogP contribution in [0.25, 0.3) is 0 Å². The van der Waals surface area contributed by atoms with Gasteiger partial charge in [-0.1, -0.05) is 214 Å². The van der Waals surface area contributed by atoms with Crippen LogP contribution < -0.4 is 0 Å². The zero-order valence-corrected chi connectivity index (χ0v) is 33.6. The molecule has 0 fully saturated rings. The number of unbranched alkanes of at least 4 members (excludes halogenated alkanes) is 27. The Kier molecular flexibility index (Phi) is 37.3. The van der Waals surface area contributed by atoms with E-state index in [9.17, 15) is 14.7 Å². The highest BCUT2D eigenvalue weighted by atomic mass is 16.6. The molecular formula is C44H86O5. The first-order valence-corrected chi connectivity index (χ1v) is 21.8. The minimum absolute atomic E-state index is 0.0581. The van der Waals surface area contributed by atoms with Crippen LogP contribution in [0.5, 0.6) is 0 Å². The van der Waals surface area contributed by atoms with E-state index in [0.29, 0.717) is 12.8 Å². The van der Waals surface area contributed by atoms with Gasteiger partial charge in [-0.2, -0.15) is 0 Å². The van der Waals surface area contributed by atoms with Crippen molar-refractivity contribution in [1.82, 2.24) is 0 Å². The maximum atomic E-state index is 12.2. The lowest BCUT2D eigenvalue weighted by molar-refractivity contribution is -0.161. The van der Waals surface area contributed by atoms with Crippen molar-refractivity contribution in [2.75, 3.05) is 13.2 Å². The fraction of sp³-hybridized carbons (Fsp3) is 0.955. The molecule has 5 nitrogen and oxygen atoms in total. The van der Waals surface area contributed by atoms with Crippen LogP contribution in [0.2, 0.25) is 0 Å². The lowest BCUT2D eigenvalue weighted by Gasteiger charge is -2.15. The SMILES string of the molecule is CC(C)CCCCCCCCCCCCCCCCCCCCC(=O)OC[C@H](CO)OC(=O)CCCCCCCCCCCCCC(C)C. The zero-order valence-electron chi connectivity index (χ0n) is 33.6. The van der Waals surface area contributed by atoms with Gasteiger partial charge in [0.15, 0.2) is 6.10 Å². The van der Waals surface area contributed by atoms with Gasteiger partial charge in [0.05, 0.1) is 6.61 Å². The minimum Gasteiger partial charge on any atom is -0.462 e. The van der Waals surface area contributed by atoms with Gasteiger partial charge in [-0.25, -0.2) is 0 Å². The molecule has 0 aromatic heterocycles. The normalized spacial score (nSPS) is 12.2. The molecule has 1 N–H and O–H groups in total. The largest absolute Gasteiger partial charge is 0.462 e. The molecule has 0 aromatic rings. The predicted molar refractivity (Wildman–Crippen MR) is 210 cm³/mol. The van der Waals surface area contributed by atoms with Gasteiger partial charge in [-0.05, 0) is 24.7 Å². The van der Waals surface area contributed by atoms with Crippen molar-refractivity contribution in [3.05, 3.63) is 0 Å². The summed E-state index contributed by atoms with van der Waals surface area (Å²) < 4.78 is 10.6. The summed E-state index contributed by atoms with van der Waals surface area (Å²) in [5.74, 6) is 1.12. The summed E-state index contributed by atoms with van der Waals surface area (Å²) in [6, 6.07) is 0. The van der Waals surface area contributed by atoms with E-state index in [1.54, 1.807) is 0 Å². The smallest absolute Gasteiger partial charge is 0.306 e. The van der Waals surface area contributed by atoms with Crippen molar-refractivity contribution < 1.29 is 24.2 Å². The van der Waals surface area contributed by atoms with Crippen molar-refractivity contribution in [2.24, 2.45) is 11.8 Å². The van der Waals surface area contributed by atoms with Crippen LogP contribution >= 0.6 is 0 Å². The average molecular weight is 695 g/mol. The van der Waals surface area contributed by atoms with Crippen molar-refractivity contribution in [1.29, 1.82) is 0 Å². The molecule has 0 amide bonds. The Bertz CT molecular complexity index is 691. The number of aliphatic hydroxyl groups is 1. The van der Waals surface area contributed by atoms with Crippen molar-refractivity contribution in [3.8, 4) is 0 Å². The number of esters is 2. The zero-order chi connectivity index (χ0) is 36.0. The van der Waals surface area contributed by atoms with Gasteiger partial charge in [-0.3, -0.25) is 9.59 Å². The van der Waals surface area contributed by atoms with Crippen LogP contribution in [0.1, 0.15) is 240 Å². The number of rotatable bonds is 39. The number of hydrogen-bond donors (Lipinski definition) is 1. The van der Waals surface area contributed by atoms with E-state index in [4.69, 9.17) is 9.47 Å². The minimum atomic E-state index is -0.763. The van der Waals surface area contributed by atoms with Crippen LogP contribution in [0.15, 0.2) is 0 Å². The van der Waals surface area contributed by atoms with E-state index in [0.717, 1.165) is 43.9 Å². The van der Waals surface area contributed by atoms with Crippen molar-refractivity contribution in [2.45, 2.75) is 246 Å². The first kappa shape index (κ1) is 47.9. The number of hydrogen-bond acceptors (Lipinski definition) is 5. The summed E-state index contributed by atoms with van der Waals surface area (Å²) in [5, 5.41) is 9.57. The topological polar surface area (TPSA) is 72.8 Å². The molecule has 0 spiro atoms. The summed E-state index contributed by atoms with van der Waals surface area (Å²) in [5.41, 5.74) is 0. The second kappa shape index (κ2) is 38.1. The van der Waals surface area contributed by atoms with E-state index in [-0.39, 0.29) is 25.2 Å². The first-order chi connectivity index (χ1) is 23.8. The number of ether oxygens (including phenoxy) is 2. The quantitative estimate of drug-likeness (QED) is 0.0512. The van der Waals surface area contributed by atoms with Gasteiger partial charge >= 0.3 is 11.9 Å². The van der Waals surface area contributed by atoms with Crippen LogP contribution in [-0.2, 0) is 19.1 Å². The predicted octanol–water partition coefficient (Wildman–Crippen LogP) is 13.6. The average Bonchev–Trinajstić information content (AvgIpc) is 3.07. The van der Waals surface area contributed by atoms with Gasteiger partial charge < -0.3 is 14.6 Å². The Morgan fingerprint density at radius 2 is 0.673 bits per heavy atom. The van der Waals surface area contributed by atoms with E-state index in [1.165, 1.54) is 167 Å². The molecule has 5 heteroatoms. The maximum Gasteiger partial charge on any atom is 0.306 e. The Labute approximate surface area is 306 Å². The highest BCUT2D eigenvalue weighted by molar-refractivity contribution is 5.70. The molecular weight excluding hydrogens is 608 g/mol. The van der Waals surface area contributed by atoms with Crippen molar-refractivity contribution >= 4 is 11.9 Å². The number of carbonyl (C=O) groups is 2. The third-order valence-electron chi connectivity index (χ3n) is 10.0.